The van der Waals surface area contributed by atoms with Gasteiger partial charge in [-0.25, -0.2) is 12.8 Å². The fourth-order valence-electron chi connectivity index (χ4n) is 3.25. The van der Waals surface area contributed by atoms with E-state index in [-0.39, 0.29) is 21.2 Å². The predicted octanol–water partition coefficient (Wildman–Crippen LogP) is 3.98. The number of halogens is 1. The maximum absolute atomic E-state index is 13.4. The summed E-state index contributed by atoms with van der Waals surface area (Å²) in [6.45, 7) is 4.19. The number of carbonyl (C=O) groups is 1. The predicted molar refractivity (Wildman–Crippen MR) is 112 cm³/mol. The van der Waals surface area contributed by atoms with E-state index in [9.17, 15) is 17.6 Å². The number of nitrogens with zero attached hydrogens (tertiary/aromatic N) is 1. The van der Waals surface area contributed by atoms with E-state index in [2.05, 4.69) is 5.32 Å². The van der Waals surface area contributed by atoms with Gasteiger partial charge in [-0.1, -0.05) is 18.2 Å². The Kier molecular flexibility index (Phi) is 6.38. The van der Waals surface area contributed by atoms with Gasteiger partial charge in [0.2, 0.25) is 9.84 Å². The second kappa shape index (κ2) is 8.81. The molecule has 1 N–H and O–H groups in total. The fraction of sp³-hybridized carbons (Fsp3) is 0.227. The zero-order chi connectivity index (χ0) is 21.9. The number of amides is 1. The molecular weight excluding hydrogens is 407 g/mol. The summed E-state index contributed by atoms with van der Waals surface area (Å²) < 4.78 is 47.0. The monoisotopic (exact) mass is 430 g/mol. The largest absolute Gasteiger partial charge is 0.383 e. The molecule has 6 nitrogen and oxygen atoms in total. The third-order valence-electron chi connectivity index (χ3n) is 4.95. The van der Waals surface area contributed by atoms with Gasteiger partial charge in [0.25, 0.3) is 5.91 Å². The first-order valence-electron chi connectivity index (χ1n) is 9.33. The molecule has 3 rings (SSSR count). The standard InChI is InChI=1S/C22H23FN2O4S/c1-15-16(2)25(13-14-29-3)21(24-22(26)17-9-11-18(23)12-10-17)20(15)30(27,28)19-7-5-4-6-8-19/h4-12H,13-14H2,1-3H3,(H,24,26). The van der Waals surface area contributed by atoms with Gasteiger partial charge in [0.15, 0.2) is 0 Å². The third kappa shape index (κ3) is 4.15. The van der Waals surface area contributed by atoms with E-state index in [1.807, 2.05) is 0 Å². The Morgan fingerprint density at radius 1 is 1.07 bits per heavy atom. The molecule has 8 heteroatoms. The first-order valence-corrected chi connectivity index (χ1v) is 10.8. The normalized spacial score (nSPS) is 11.5. The van der Waals surface area contributed by atoms with Gasteiger partial charge in [-0.2, -0.15) is 0 Å². The summed E-state index contributed by atoms with van der Waals surface area (Å²) in [6.07, 6.45) is 0. The summed E-state index contributed by atoms with van der Waals surface area (Å²) in [6, 6.07) is 13.1. The molecule has 0 saturated carbocycles. The van der Waals surface area contributed by atoms with Crippen molar-refractivity contribution >= 4 is 21.6 Å². The van der Waals surface area contributed by atoms with Gasteiger partial charge < -0.3 is 14.6 Å². The number of methoxy groups -OCH3 is 1. The second-order valence-corrected chi connectivity index (χ2v) is 8.70. The maximum Gasteiger partial charge on any atom is 0.256 e. The van der Waals surface area contributed by atoms with Crippen LogP contribution in [0.5, 0.6) is 0 Å². The summed E-state index contributed by atoms with van der Waals surface area (Å²) in [5, 5.41) is 2.73. The molecule has 0 spiro atoms. The van der Waals surface area contributed by atoms with Crippen LogP contribution in [0, 0.1) is 19.7 Å². The number of anilines is 1. The molecule has 1 aromatic heterocycles. The molecule has 0 saturated heterocycles. The Labute approximate surface area is 175 Å². The lowest BCUT2D eigenvalue weighted by Gasteiger charge is -2.14. The molecule has 0 unspecified atom stereocenters. The van der Waals surface area contributed by atoms with Gasteiger partial charge >= 0.3 is 0 Å². The SMILES string of the molecule is COCCn1c(C)c(C)c(S(=O)(=O)c2ccccc2)c1NC(=O)c1ccc(F)cc1. The van der Waals surface area contributed by atoms with Crippen molar-refractivity contribution in [2.75, 3.05) is 19.0 Å². The molecular formula is C22H23FN2O4S. The van der Waals surface area contributed by atoms with E-state index in [4.69, 9.17) is 4.74 Å². The molecule has 0 fully saturated rings. The summed E-state index contributed by atoms with van der Waals surface area (Å²) >= 11 is 0. The van der Waals surface area contributed by atoms with E-state index in [0.29, 0.717) is 24.4 Å². The average Bonchev–Trinajstić information content (AvgIpc) is 2.97. The molecule has 0 atom stereocenters. The minimum atomic E-state index is -3.90. The van der Waals surface area contributed by atoms with Crippen LogP contribution in [0.3, 0.4) is 0 Å². The van der Waals surface area contributed by atoms with Gasteiger partial charge in [-0.3, -0.25) is 4.79 Å². The van der Waals surface area contributed by atoms with Crippen molar-refractivity contribution in [3.63, 3.8) is 0 Å². The Morgan fingerprint density at radius 2 is 1.70 bits per heavy atom. The van der Waals surface area contributed by atoms with E-state index in [0.717, 1.165) is 0 Å². The van der Waals surface area contributed by atoms with Crippen LogP contribution in [0.25, 0.3) is 0 Å². The molecule has 0 bridgehead atoms. The molecule has 1 amide bonds. The highest BCUT2D eigenvalue weighted by Gasteiger charge is 2.30. The van der Waals surface area contributed by atoms with Crippen LogP contribution in [0.1, 0.15) is 21.6 Å². The van der Waals surface area contributed by atoms with Crippen LogP contribution < -0.4 is 5.32 Å². The minimum absolute atomic E-state index is 0.0396. The topological polar surface area (TPSA) is 77.4 Å². The van der Waals surface area contributed by atoms with Crippen molar-refractivity contribution in [2.45, 2.75) is 30.2 Å². The number of hydrogen-bond acceptors (Lipinski definition) is 4. The van der Waals surface area contributed by atoms with Crippen molar-refractivity contribution in [3.8, 4) is 0 Å². The molecule has 0 aliphatic carbocycles. The second-order valence-electron chi connectivity index (χ2n) is 6.81. The van der Waals surface area contributed by atoms with Crippen LogP contribution >= 0.6 is 0 Å². The molecule has 0 radical (unpaired) electrons. The molecule has 0 aliphatic rings. The number of aromatic nitrogens is 1. The highest BCUT2D eigenvalue weighted by Crippen LogP contribution is 2.35. The van der Waals surface area contributed by atoms with E-state index >= 15 is 0 Å². The molecule has 0 aliphatic heterocycles. The lowest BCUT2D eigenvalue weighted by molar-refractivity contribution is 0.102. The number of hydrogen-bond donors (Lipinski definition) is 1. The van der Waals surface area contributed by atoms with E-state index in [1.165, 1.54) is 36.4 Å². The first kappa shape index (κ1) is 21.7. The molecule has 3 aromatic rings. The third-order valence-corrected chi connectivity index (χ3v) is 6.88. The zero-order valence-electron chi connectivity index (χ0n) is 17.0. The fourth-order valence-corrected chi connectivity index (χ4v) is 4.97. The highest BCUT2D eigenvalue weighted by atomic mass is 32.2. The number of nitrogens with one attached hydrogen (secondary N) is 1. The number of sulfone groups is 1. The highest BCUT2D eigenvalue weighted by molar-refractivity contribution is 7.91. The molecule has 2 aromatic carbocycles. The van der Waals surface area contributed by atoms with Gasteiger partial charge in [0, 0.05) is 24.9 Å². The van der Waals surface area contributed by atoms with Crippen LogP contribution in [0.2, 0.25) is 0 Å². The molecule has 158 valence electrons. The van der Waals surface area contributed by atoms with Crippen molar-refractivity contribution in [1.82, 2.24) is 4.57 Å². The molecule has 1 heterocycles. The number of ether oxygens (including phenoxy) is 1. The van der Waals surface area contributed by atoms with Crippen LogP contribution in [0.15, 0.2) is 64.4 Å². The lowest BCUT2D eigenvalue weighted by Crippen LogP contribution is -2.19. The van der Waals surface area contributed by atoms with Gasteiger partial charge in [-0.05, 0) is 55.8 Å². The quantitative estimate of drug-likeness (QED) is 0.615. The number of rotatable bonds is 7. The summed E-state index contributed by atoms with van der Waals surface area (Å²) in [5.74, 6) is -0.829. The smallest absolute Gasteiger partial charge is 0.256 e. The van der Waals surface area contributed by atoms with Gasteiger partial charge in [0.1, 0.15) is 16.5 Å². The minimum Gasteiger partial charge on any atom is -0.383 e. The van der Waals surface area contributed by atoms with Crippen LogP contribution in [-0.4, -0.2) is 32.6 Å². The summed E-state index contributed by atoms with van der Waals surface area (Å²) in [5.41, 5.74) is 1.47. The van der Waals surface area contributed by atoms with Crippen LogP contribution in [-0.2, 0) is 21.1 Å². The molecule has 30 heavy (non-hydrogen) atoms. The van der Waals surface area contributed by atoms with E-state index < -0.39 is 21.6 Å². The lowest BCUT2D eigenvalue weighted by atomic mass is 10.2. The van der Waals surface area contributed by atoms with Gasteiger partial charge in [0.05, 0.1) is 11.5 Å². The van der Waals surface area contributed by atoms with E-state index in [1.54, 1.807) is 43.7 Å². The Bertz CT molecular complexity index is 1150. The zero-order valence-corrected chi connectivity index (χ0v) is 17.8. The Hall–Kier alpha value is -2.97. The Morgan fingerprint density at radius 3 is 2.30 bits per heavy atom. The number of benzene rings is 2. The Balaban J connectivity index is 2.15. The van der Waals surface area contributed by atoms with Crippen molar-refractivity contribution in [3.05, 3.63) is 77.2 Å². The van der Waals surface area contributed by atoms with Crippen LogP contribution in [0.4, 0.5) is 10.2 Å². The first-order chi connectivity index (χ1) is 14.3. The number of carbonyl (C=O) groups excluding carboxylic acids is 1. The summed E-state index contributed by atoms with van der Waals surface area (Å²) in [4.78, 5) is 13.0. The van der Waals surface area contributed by atoms with Crippen molar-refractivity contribution in [1.29, 1.82) is 0 Å². The average molecular weight is 431 g/mol. The summed E-state index contributed by atoms with van der Waals surface area (Å²) in [7, 11) is -2.35. The van der Waals surface area contributed by atoms with Gasteiger partial charge in [-0.15, -0.1) is 0 Å². The maximum atomic E-state index is 13.4. The van der Waals surface area contributed by atoms with Crippen molar-refractivity contribution < 1.29 is 22.3 Å². The van der Waals surface area contributed by atoms with Crippen molar-refractivity contribution in [2.24, 2.45) is 0 Å².